The van der Waals surface area contributed by atoms with Crippen LogP contribution >= 0.6 is 11.8 Å². The van der Waals surface area contributed by atoms with E-state index in [1.165, 1.54) is 4.90 Å². The van der Waals surface area contributed by atoms with Gasteiger partial charge in [-0.3, -0.25) is 4.79 Å². The highest BCUT2D eigenvalue weighted by Crippen LogP contribution is 2.36. The van der Waals surface area contributed by atoms with E-state index in [1.807, 2.05) is 6.26 Å². The summed E-state index contributed by atoms with van der Waals surface area (Å²) >= 11 is 1.63. The van der Waals surface area contributed by atoms with Gasteiger partial charge in [0.25, 0.3) is 0 Å². The maximum absolute atomic E-state index is 12.0. The number of hydrogen-bond acceptors (Lipinski definition) is 4. The Hall–Kier alpha value is -0.910. The van der Waals surface area contributed by atoms with Gasteiger partial charge in [-0.1, -0.05) is 0 Å². The number of carboxylic acids is 1. The topological polar surface area (TPSA) is 66.8 Å². The van der Waals surface area contributed by atoms with Gasteiger partial charge in [0.15, 0.2) is 0 Å². The maximum Gasteiger partial charge on any atom is 0.410 e. The van der Waals surface area contributed by atoms with Crippen LogP contribution in [0.15, 0.2) is 0 Å². The molecule has 1 aliphatic rings. The number of carboxylic acid groups (broad SMARTS) is 1. The molecule has 1 heterocycles. The van der Waals surface area contributed by atoms with Crippen LogP contribution in [-0.2, 0) is 9.53 Å². The van der Waals surface area contributed by atoms with E-state index in [4.69, 9.17) is 4.74 Å². The molecule has 19 heavy (non-hydrogen) atoms. The molecule has 6 heteroatoms. The molecule has 1 rings (SSSR count). The number of thioether (sulfide) groups is 1. The molecule has 1 unspecified atom stereocenters. The molecule has 110 valence electrons. The predicted octanol–water partition coefficient (Wildman–Crippen LogP) is 2.45. The molecule has 0 aliphatic carbocycles. The zero-order chi connectivity index (χ0) is 14.7. The average Bonchev–Trinajstić information content (AvgIpc) is 2.69. The van der Waals surface area contributed by atoms with Gasteiger partial charge >= 0.3 is 12.1 Å². The molecular weight excluding hydrogens is 266 g/mol. The van der Waals surface area contributed by atoms with Gasteiger partial charge in [-0.15, -0.1) is 0 Å². The summed E-state index contributed by atoms with van der Waals surface area (Å²) in [6, 6.07) is 0. The number of likely N-dealkylation sites (tertiary alicyclic amines) is 1. The van der Waals surface area contributed by atoms with Crippen molar-refractivity contribution < 1.29 is 19.4 Å². The largest absolute Gasteiger partial charge is 0.481 e. The van der Waals surface area contributed by atoms with Crippen molar-refractivity contribution in [2.75, 3.05) is 25.1 Å². The van der Waals surface area contributed by atoms with Crippen molar-refractivity contribution in [3.8, 4) is 0 Å². The first-order valence-electron chi connectivity index (χ1n) is 6.40. The molecule has 1 atom stereocenters. The molecule has 0 aromatic heterocycles. The van der Waals surface area contributed by atoms with E-state index in [-0.39, 0.29) is 6.54 Å². The highest BCUT2D eigenvalue weighted by molar-refractivity contribution is 7.98. The van der Waals surface area contributed by atoms with E-state index in [0.717, 1.165) is 5.75 Å². The molecule has 0 bridgehead atoms. The van der Waals surface area contributed by atoms with Crippen LogP contribution in [0.25, 0.3) is 0 Å². The summed E-state index contributed by atoms with van der Waals surface area (Å²) in [5.41, 5.74) is -1.36. The molecule has 0 radical (unpaired) electrons. The highest BCUT2D eigenvalue weighted by atomic mass is 32.2. The van der Waals surface area contributed by atoms with Crippen LogP contribution in [0.2, 0.25) is 0 Å². The Labute approximate surface area is 118 Å². The van der Waals surface area contributed by atoms with Crippen molar-refractivity contribution in [1.82, 2.24) is 4.90 Å². The van der Waals surface area contributed by atoms with Gasteiger partial charge < -0.3 is 14.7 Å². The van der Waals surface area contributed by atoms with E-state index in [1.54, 1.807) is 32.5 Å². The van der Waals surface area contributed by atoms with Gasteiger partial charge in [-0.2, -0.15) is 11.8 Å². The van der Waals surface area contributed by atoms with Crippen molar-refractivity contribution in [3.63, 3.8) is 0 Å². The molecule has 1 N–H and O–H groups in total. The standard InChI is InChI=1S/C13H23NO4S/c1-12(2,3)18-11(17)14-7-5-13(9-14,10(15)16)6-8-19-4/h5-9H2,1-4H3,(H,15,16). The number of hydrogen-bond donors (Lipinski definition) is 1. The molecular formula is C13H23NO4S. The zero-order valence-electron chi connectivity index (χ0n) is 12.1. The van der Waals surface area contributed by atoms with E-state index in [9.17, 15) is 14.7 Å². The lowest BCUT2D eigenvalue weighted by atomic mass is 9.84. The zero-order valence-corrected chi connectivity index (χ0v) is 12.9. The Morgan fingerprint density at radius 3 is 2.53 bits per heavy atom. The fourth-order valence-corrected chi connectivity index (χ4v) is 2.73. The SMILES string of the molecule is CSCCC1(C(=O)O)CCN(C(=O)OC(C)(C)C)C1. The fourth-order valence-electron chi connectivity index (χ4n) is 2.14. The Balaban J connectivity index is 2.68. The summed E-state index contributed by atoms with van der Waals surface area (Å²) < 4.78 is 5.29. The Morgan fingerprint density at radius 1 is 1.42 bits per heavy atom. The molecule has 1 aliphatic heterocycles. The Morgan fingerprint density at radius 2 is 2.05 bits per heavy atom. The van der Waals surface area contributed by atoms with Gasteiger partial charge in [0.05, 0.1) is 5.41 Å². The maximum atomic E-state index is 12.0. The van der Waals surface area contributed by atoms with Crippen LogP contribution in [-0.4, -0.2) is 52.8 Å². The lowest BCUT2D eigenvalue weighted by Gasteiger charge is -2.27. The smallest absolute Gasteiger partial charge is 0.410 e. The summed E-state index contributed by atoms with van der Waals surface area (Å²) in [6.45, 7) is 6.12. The number of rotatable bonds is 4. The number of carbonyl (C=O) groups is 2. The third kappa shape index (κ3) is 4.30. The van der Waals surface area contributed by atoms with Crippen LogP contribution < -0.4 is 0 Å². The third-order valence-corrected chi connectivity index (χ3v) is 3.86. The summed E-state index contributed by atoms with van der Waals surface area (Å²) in [5, 5.41) is 9.43. The number of carbonyl (C=O) groups excluding carboxylic acids is 1. The van der Waals surface area contributed by atoms with Gasteiger partial charge in [0, 0.05) is 13.1 Å². The molecule has 1 amide bonds. The second-order valence-electron chi connectivity index (χ2n) is 5.98. The fraction of sp³-hybridized carbons (Fsp3) is 0.846. The quantitative estimate of drug-likeness (QED) is 0.861. The van der Waals surface area contributed by atoms with Gasteiger partial charge in [0.2, 0.25) is 0 Å². The lowest BCUT2D eigenvalue weighted by Crippen LogP contribution is -2.39. The molecule has 1 fully saturated rings. The molecule has 0 saturated carbocycles. The van der Waals surface area contributed by atoms with Crippen LogP contribution in [0.4, 0.5) is 4.79 Å². The Bertz CT molecular complexity index is 353. The molecule has 0 spiro atoms. The van der Waals surface area contributed by atoms with Gasteiger partial charge in [0.1, 0.15) is 5.60 Å². The van der Waals surface area contributed by atoms with Crippen LogP contribution in [0.1, 0.15) is 33.6 Å². The summed E-state index contributed by atoms with van der Waals surface area (Å²) in [7, 11) is 0. The summed E-state index contributed by atoms with van der Waals surface area (Å²) in [5.74, 6) is -0.0262. The first-order chi connectivity index (χ1) is 8.70. The minimum atomic E-state index is -0.812. The minimum absolute atomic E-state index is 0.248. The van der Waals surface area contributed by atoms with Crippen molar-refractivity contribution in [1.29, 1.82) is 0 Å². The minimum Gasteiger partial charge on any atom is -0.481 e. The molecule has 0 aromatic carbocycles. The molecule has 1 saturated heterocycles. The van der Waals surface area contributed by atoms with Crippen LogP contribution in [0.5, 0.6) is 0 Å². The molecule has 5 nitrogen and oxygen atoms in total. The second kappa shape index (κ2) is 6.03. The molecule has 0 aromatic rings. The summed E-state index contributed by atoms with van der Waals surface area (Å²) in [4.78, 5) is 25.0. The number of nitrogens with zero attached hydrogens (tertiary/aromatic N) is 1. The van der Waals surface area contributed by atoms with E-state index in [0.29, 0.717) is 19.4 Å². The summed E-state index contributed by atoms with van der Waals surface area (Å²) in [6.07, 6.45) is 2.63. The van der Waals surface area contributed by atoms with Crippen LogP contribution in [0, 0.1) is 5.41 Å². The van der Waals surface area contributed by atoms with Gasteiger partial charge in [-0.25, -0.2) is 4.79 Å². The van der Waals surface area contributed by atoms with Crippen molar-refractivity contribution >= 4 is 23.8 Å². The van der Waals surface area contributed by atoms with E-state index >= 15 is 0 Å². The third-order valence-electron chi connectivity index (χ3n) is 3.24. The number of ether oxygens (including phenoxy) is 1. The van der Waals surface area contributed by atoms with E-state index < -0.39 is 23.1 Å². The van der Waals surface area contributed by atoms with Crippen LogP contribution in [0.3, 0.4) is 0 Å². The number of aliphatic carboxylic acids is 1. The Kier molecular flexibility index (Phi) is 5.12. The second-order valence-corrected chi connectivity index (χ2v) is 6.97. The normalized spacial score (nSPS) is 23.5. The highest BCUT2D eigenvalue weighted by Gasteiger charge is 2.46. The van der Waals surface area contributed by atoms with Crippen molar-refractivity contribution in [3.05, 3.63) is 0 Å². The first-order valence-corrected chi connectivity index (χ1v) is 7.80. The predicted molar refractivity (Wildman–Crippen MR) is 75.5 cm³/mol. The number of amides is 1. The van der Waals surface area contributed by atoms with Crippen molar-refractivity contribution in [2.45, 2.75) is 39.2 Å². The first kappa shape index (κ1) is 16.1. The lowest BCUT2D eigenvalue weighted by molar-refractivity contribution is -0.148. The van der Waals surface area contributed by atoms with Gasteiger partial charge in [-0.05, 0) is 45.6 Å². The van der Waals surface area contributed by atoms with Crippen molar-refractivity contribution in [2.24, 2.45) is 5.41 Å². The van der Waals surface area contributed by atoms with E-state index in [2.05, 4.69) is 0 Å². The monoisotopic (exact) mass is 289 g/mol. The average molecular weight is 289 g/mol.